The van der Waals surface area contributed by atoms with E-state index >= 15 is 0 Å². The zero-order valence-electron chi connectivity index (χ0n) is 6.46. The predicted molar refractivity (Wildman–Crippen MR) is 44.9 cm³/mol. The van der Waals surface area contributed by atoms with E-state index in [1.807, 2.05) is 13.0 Å². The van der Waals surface area contributed by atoms with E-state index < -0.39 is 0 Å². The Labute approximate surface area is 66.4 Å². The molecule has 56 valence electrons. The molecule has 0 radical (unpaired) electrons. The van der Waals surface area contributed by atoms with Crippen LogP contribution >= 0.6 is 0 Å². The first-order valence-electron chi connectivity index (χ1n) is 3.43. The molecule has 0 unspecified atom stereocenters. The third kappa shape index (κ3) is 2.40. The maximum Gasteiger partial charge on any atom is 0.0555 e. The summed E-state index contributed by atoms with van der Waals surface area (Å²) in [6.45, 7) is 2.38. The van der Waals surface area contributed by atoms with Crippen LogP contribution in [0.4, 0.5) is 0 Å². The molecule has 1 heterocycles. The van der Waals surface area contributed by atoms with Gasteiger partial charge in [-0.1, -0.05) is 11.8 Å². The molecular formula is C9H10N2. The third-order valence-corrected chi connectivity index (χ3v) is 1.21. The second-order valence-electron chi connectivity index (χ2n) is 2.26. The largest absolute Gasteiger partial charge is 0.320 e. The Balaban J connectivity index is 2.87. The highest BCUT2D eigenvalue weighted by molar-refractivity contribution is 5.33. The van der Waals surface area contributed by atoms with Crippen LogP contribution in [0.3, 0.4) is 0 Å². The highest BCUT2D eigenvalue weighted by atomic mass is 14.6. The van der Waals surface area contributed by atoms with E-state index in [1.54, 1.807) is 12.4 Å². The summed E-state index contributed by atoms with van der Waals surface area (Å²) in [4.78, 5) is 3.99. The number of aromatic nitrogens is 1. The van der Waals surface area contributed by atoms with Crippen LogP contribution in [0.1, 0.15) is 11.1 Å². The van der Waals surface area contributed by atoms with Crippen molar-refractivity contribution in [2.24, 2.45) is 5.73 Å². The van der Waals surface area contributed by atoms with Crippen LogP contribution in [0.15, 0.2) is 18.5 Å². The van der Waals surface area contributed by atoms with Crippen molar-refractivity contribution in [3.05, 3.63) is 29.6 Å². The van der Waals surface area contributed by atoms with Gasteiger partial charge in [-0.15, -0.1) is 0 Å². The maximum absolute atomic E-state index is 5.22. The molecule has 2 heteroatoms. The molecule has 1 aromatic heterocycles. The number of pyridine rings is 1. The van der Waals surface area contributed by atoms with Gasteiger partial charge in [0.1, 0.15) is 0 Å². The summed E-state index contributed by atoms with van der Waals surface area (Å²) in [7, 11) is 0. The minimum atomic E-state index is 0.397. The number of rotatable bonds is 0. The van der Waals surface area contributed by atoms with Gasteiger partial charge in [0.15, 0.2) is 0 Å². The molecule has 0 spiro atoms. The van der Waals surface area contributed by atoms with Crippen LogP contribution in [0, 0.1) is 18.8 Å². The fourth-order valence-corrected chi connectivity index (χ4v) is 0.776. The first-order valence-corrected chi connectivity index (χ1v) is 3.43. The summed E-state index contributed by atoms with van der Waals surface area (Å²) < 4.78 is 0. The topological polar surface area (TPSA) is 38.9 Å². The highest BCUT2D eigenvalue weighted by Gasteiger charge is 1.86. The maximum atomic E-state index is 5.22. The number of hydrogen-bond acceptors (Lipinski definition) is 2. The van der Waals surface area contributed by atoms with Crippen LogP contribution < -0.4 is 5.73 Å². The monoisotopic (exact) mass is 146 g/mol. The lowest BCUT2D eigenvalue weighted by Crippen LogP contribution is -1.93. The SMILES string of the molecule is Cc1cncc(C#CCN)c1. The fourth-order valence-electron chi connectivity index (χ4n) is 0.776. The zero-order valence-corrected chi connectivity index (χ0v) is 6.46. The first kappa shape index (κ1) is 7.77. The lowest BCUT2D eigenvalue weighted by molar-refractivity contribution is 1.25. The molecule has 0 saturated carbocycles. The van der Waals surface area contributed by atoms with Crippen LogP contribution in [0.2, 0.25) is 0 Å². The zero-order chi connectivity index (χ0) is 8.10. The van der Waals surface area contributed by atoms with E-state index in [1.165, 1.54) is 0 Å². The highest BCUT2D eigenvalue weighted by Crippen LogP contribution is 1.97. The molecule has 0 amide bonds. The molecular weight excluding hydrogens is 136 g/mol. The predicted octanol–water partition coefficient (Wildman–Crippen LogP) is 0.700. The van der Waals surface area contributed by atoms with Crippen LogP contribution in [0.5, 0.6) is 0 Å². The van der Waals surface area contributed by atoms with Crippen LogP contribution in [0.25, 0.3) is 0 Å². The Morgan fingerprint density at radius 1 is 1.55 bits per heavy atom. The Morgan fingerprint density at radius 2 is 2.36 bits per heavy atom. The first-order chi connectivity index (χ1) is 5.33. The smallest absolute Gasteiger partial charge is 0.0555 e. The van der Waals surface area contributed by atoms with Gasteiger partial charge in [-0.2, -0.15) is 0 Å². The van der Waals surface area contributed by atoms with Crippen molar-refractivity contribution in [2.45, 2.75) is 6.92 Å². The van der Waals surface area contributed by atoms with Crippen molar-refractivity contribution in [1.29, 1.82) is 0 Å². The quantitative estimate of drug-likeness (QED) is 0.547. The fraction of sp³-hybridized carbons (Fsp3) is 0.222. The van der Waals surface area contributed by atoms with Gasteiger partial charge < -0.3 is 5.73 Å². The summed E-state index contributed by atoms with van der Waals surface area (Å²) in [6.07, 6.45) is 3.53. The van der Waals surface area contributed by atoms with Gasteiger partial charge in [-0.3, -0.25) is 4.98 Å². The molecule has 0 atom stereocenters. The summed E-state index contributed by atoms with van der Waals surface area (Å²) >= 11 is 0. The molecule has 0 saturated heterocycles. The molecule has 0 aliphatic carbocycles. The standard InChI is InChI=1S/C9H10N2/c1-8-5-9(3-2-4-10)7-11-6-8/h5-7H,4,10H2,1H3. The lowest BCUT2D eigenvalue weighted by atomic mass is 10.2. The van der Waals surface area contributed by atoms with Crippen molar-refractivity contribution in [2.75, 3.05) is 6.54 Å². The molecule has 0 aromatic carbocycles. The average molecular weight is 146 g/mol. The van der Waals surface area contributed by atoms with Crippen LogP contribution in [-0.4, -0.2) is 11.5 Å². The Bertz CT molecular complexity index is 294. The van der Waals surface area contributed by atoms with E-state index in [2.05, 4.69) is 16.8 Å². The minimum absolute atomic E-state index is 0.397. The number of nitrogens with zero attached hydrogens (tertiary/aromatic N) is 1. The lowest BCUT2D eigenvalue weighted by Gasteiger charge is -1.90. The summed E-state index contributed by atoms with van der Waals surface area (Å²) in [6, 6.07) is 1.98. The molecule has 0 fully saturated rings. The Hall–Kier alpha value is -1.33. The van der Waals surface area contributed by atoms with Crippen molar-refractivity contribution in [1.82, 2.24) is 4.98 Å². The van der Waals surface area contributed by atoms with Gasteiger partial charge in [-0.05, 0) is 18.6 Å². The second kappa shape index (κ2) is 3.75. The van der Waals surface area contributed by atoms with E-state index in [0.29, 0.717) is 6.54 Å². The van der Waals surface area contributed by atoms with Crippen molar-refractivity contribution in [3.8, 4) is 11.8 Å². The number of nitrogens with two attached hydrogens (primary N) is 1. The Morgan fingerprint density at radius 3 is 3.00 bits per heavy atom. The average Bonchev–Trinajstić information content (AvgIpc) is 2.01. The van der Waals surface area contributed by atoms with Gasteiger partial charge in [0, 0.05) is 18.0 Å². The van der Waals surface area contributed by atoms with E-state index in [-0.39, 0.29) is 0 Å². The molecule has 1 aromatic rings. The molecule has 1 rings (SSSR count). The molecule has 2 nitrogen and oxygen atoms in total. The van der Waals surface area contributed by atoms with Gasteiger partial charge in [0.05, 0.1) is 6.54 Å². The summed E-state index contributed by atoms with van der Waals surface area (Å²) in [5, 5.41) is 0. The molecule has 2 N–H and O–H groups in total. The summed E-state index contributed by atoms with van der Waals surface area (Å²) in [5.41, 5.74) is 7.27. The van der Waals surface area contributed by atoms with E-state index in [4.69, 9.17) is 5.73 Å². The van der Waals surface area contributed by atoms with Crippen LogP contribution in [-0.2, 0) is 0 Å². The van der Waals surface area contributed by atoms with Gasteiger partial charge in [0.2, 0.25) is 0 Å². The Kier molecular flexibility index (Phi) is 2.65. The normalized spacial score (nSPS) is 8.55. The molecule has 0 aliphatic rings. The second-order valence-corrected chi connectivity index (χ2v) is 2.26. The van der Waals surface area contributed by atoms with E-state index in [0.717, 1.165) is 11.1 Å². The third-order valence-electron chi connectivity index (χ3n) is 1.21. The van der Waals surface area contributed by atoms with Gasteiger partial charge >= 0.3 is 0 Å². The summed E-state index contributed by atoms with van der Waals surface area (Å²) in [5.74, 6) is 5.68. The molecule has 11 heavy (non-hydrogen) atoms. The van der Waals surface area contributed by atoms with Gasteiger partial charge in [0.25, 0.3) is 0 Å². The number of aryl methyl sites for hydroxylation is 1. The molecule has 0 bridgehead atoms. The number of hydrogen-bond donors (Lipinski definition) is 1. The molecule has 0 aliphatic heterocycles. The van der Waals surface area contributed by atoms with Gasteiger partial charge in [-0.25, -0.2) is 0 Å². The van der Waals surface area contributed by atoms with Crippen molar-refractivity contribution < 1.29 is 0 Å². The van der Waals surface area contributed by atoms with Crippen molar-refractivity contribution in [3.63, 3.8) is 0 Å². The minimum Gasteiger partial charge on any atom is -0.320 e. The van der Waals surface area contributed by atoms with E-state index in [9.17, 15) is 0 Å². The van der Waals surface area contributed by atoms with Crippen molar-refractivity contribution >= 4 is 0 Å².